The quantitative estimate of drug-likeness (QED) is 0.820. The Morgan fingerprint density at radius 2 is 1.74 bits per heavy atom. The van der Waals surface area contributed by atoms with Crippen LogP contribution in [0, 0.1) is 5.92 Å². The van der Waals surface area contributed by atoms with E-state index in [1.54, 1.807) is 26.0 Å². The molecule has 5 heteroatoms. The Bertz CT molecular complexity index is 512. The second-order valence-electron chi connectivity index (χ2n) is 5.35. The minimum absolute atomic E-state index is 0.0737. The Hall–Kier alpha value is -0.580. The van der Waals surface area contributed by atoms with Gasteiger partial charge in [-0.2, -0.15) is 0 Å². The lowest BCUT2D eigenvalue weighted by Gasteiger charge is -2.17. The number of hydrogen-bond acceptors (Lipinski definition) is 2. The zero-order chi connectivity index (χ0) is 14.6. The van der Waals surface area contributed by atoms with Gasteiger partial charge in [-0.15, -0.1) is 11.6 Å². The van der Waals surface area contributed by atoms with Gasteiger partial charge in [-0.25, -0.2) is 13.1 Å². The molecule has 0 aliphatic heterocycles. The monoisotopic (exact) mass is 303 g/mol. The summed E-state index contributed by atoms with van der Waals surface area (Å²) in [7, 11) is -3.47. The zero-order valence-corrected chi connectivity index (χ0v) is 13.4. The van der Waals surface area contributed by atoms with E-state index in [9.17, 15) is 8.42 Å². The molecule has 0 spiro atoms. The average Bonchev–Trinajstić information content (AvgIpc) is 2.27. The van der Waals surface area contributed by atoms with Gasteiger partial charge in [-0.05, 0) is 37.8 Å². The van der Waals surface area contributed by atoms with Crippen molar-refractivity contribution in [2.45, 2.75) is 50.4 Å². The Morgan fingerprint density at radius 3 is 2.26 bits per heavy atom. The van der Waals surface area contributed by atoms with E-state index in [1.165, 1.54) is 0 Å². The third-order valence-corrected chi connectivity index (χ3v) is 5.21. The maximum Gasteiger partial charge on any atom is 0.241 e. The summed E-state index contributed by atoms with van der Waals surface area (Å²) in [6.45, 7) is 7.67. The van der Waals surface area contributed by atoms with Crippen molar-refractivity contribution >= 4 is 21.6 Å². The first-order chi connectivity index (χ1) is 8.74. The van der Waals surface area contributed by atoms with Crippen LogP contribution in [-0.2, 0) is 16.4 Å². The normalized spacial score (nSPS) is 14.1. The second kappa shape index (κ2) is 6.73. The molecule has 1 aromatic carbocycles. The summed E-state index contributed by atoms with van der Waals surface area (Å²) in [6.07, 6.45) is 0.550. The SMILES string of the molecule is CC(C)NS(=O)(=O)c1ccccc1CC(Cl)C(C)C. The van der Waals surface area contributed by atoms with Gasteiger partial charge < -0.3 is 0 Å². The van der Waals surface area contributed by atoms with Crippen LogP contribution in [0.1, 0.15) is 33.3 Å². The lowest BCUT2D eigenvalue weighted by atomic mass is 10.0. The van der Waals surface area contributed by atoms with Crippen LogP contribution >= 0.6 is 11.6 Å². The lowest BCUT2D eigenvalue weighted by Crippen LogP contribution is -2.31. The number of alkyl halides is 1. The fourth-order valence-electron chi connectivity index (χ4n) is 1.75. The molecule has 0 radical (unpaired) electrons. The predicted octanol–water partition coefficient (Wildman–Crippen LogP) is 3.18. The highest BCUT2D eigenvalue weighted by atomic mass is 35.5. The number of halogens is 1. The van der Waals surface area contributed by atoms with Gasteiger partial charge in [-0.3, -0.25) is 0 Å². The van der Waals surface area contributed by atoms with E-state index in [0.29, 0.717) is 17.2 Å². The first-order valence-corrected chi connectivity index (χ1v) is 8.40. The smallest absolute Gasteiger partial charge is 0.209 e. The van der Waals surface area contributed by atoms with Gasteiger partial charge in [0.25, 0.3) is 0 Å². The summed E-state index contributed by atoms with van der Waals surface area (Å²) >= 11 is 6.26. The average molecular weight is 304 g/mol. The summed E-state index contributed by atoms with van der Waals surface area (Å²) in [4.78, 5) is 0.329. The number of rotatable bonds is 6. The van der Waals surface area contributed by atoms with Crippen LogP contribution < -0.4 is 4.72 Å². The Balaban J connectivity index is 3.09. The lowest BCUT2D eigenvalue weighted by molar-refractivity contribution is 0.564. The van der Waals surface area contributed by atoms with Crippen LogP contribution in [-0.4, -0.2) is 19.8 Å². The summed E-state index contributed by atoms with van der Waals surface area (Å²) in [5.74, 6) is 0.301. The Morgan fingerprint density at radius 1 is 1.16 bits per heavy atom. The van der Waals surface area contributed by atoms with Crippen LogP contribution in [0.25, 0.3) is 0 Å². The summed E-state index contributed by atoms with van der Waals surface area (Å²) < 4.78 is 27.1. The van der Waals surface area contributed by atoms with Crippen molar-refractivity contribution < 1.29 is 8.42 Å². The molecule has 3 nitrogen and oxygen atoms in total. The predicted molar refractivity (Wildman–Crippen MR) is 80.1 cm³/mol. The van der Waals surface area contributed by atoms with Gasteiger partial charge >= 0.3 is 0 Å². The molecular weight excluding hydrogens is 282 g/mol. The minimum Gasteiger partial charge on any atom is -0.209 e. The molecule has 1 atom stereocenters. The van der Waals surface area contributed by atoms with Crippen LogP contribution in [0.2, 0.25) is 0 Å². The molecule has 0 heterocycles. The molecule has 0 amide bonds. The summed E-state index contributed by atoms with van der Waals surface area (Å²) in [5, 5.41) is -0.0737. The van der Waals surface area contributed by atoms with Crippen molar-refractivity contribution in [2.75, 3.05) is 0 Å². The molecule has 0 aliphatic carbocycles. The first-order valence-electron chi connectivity index (χ1n) is 6.48. The largest absolute Gasteiger partial charge is 0.241 e. The molecule has 108 valence electrons. The molecule has 0 bridgehead atoms. The van der Waals surface area contributed by atoms with E-state index in [2.05, 4.69) is 4.72 Å². The third kappa shape index (κ3) is 4.79. The molecule has 1 N–H and O–H groups in total. The highest BCUT2D eigenvalue weighted by Gasteiger charge is 2.21. The van der Waals surface area contributed by atoms with E-state index < -0.39 is 10.0 Å². The van der Waals surface area contributed by atoms with E-state index in [0.717, 1.165) is 5.56 Å². The van der Waals surface area contributed by atoms with E-state index in [4.69, 9.17) is 11.6 Å². The van der Waals surface area contributed by atoms with Gasteiger partial charge in [-0.1, -0.05) is 32.0 Å². The van der Waals surface area contributed by atoms with Gasteiger partial charge in [0.1, 0.15) is 0 Å². The van der Waals surface area contributed by atoms with Gasteiger partial charge in [0, 0.05) is 11.4 Å². The van der Waals surface area contributed by atoms with Crippen molar-refractivity contribution in [1.29, 1.82) is 0 Å². The standard InChI is InChI=1S/C14H22ClNO2S/c1-10(2)13(15)9-12-7-5-6-8-14(12)19(17,18)16-11(3)4/h5-8,10-11,13,16H,9H2,1-4H3. The topological polar surface area (TPSA) is 46.2 Å². The summed E-state index contributed by atoms with van der Waals surface area (Å²) in [6, 6.07) is 6.90. The number of sulfonamides is 1. The highest BCUT2D eigenvalue weighted by Crippen LogP contribution is 2.22. The van der Waals surface area contributed by atoms with E-state index in [-0.39, 0.29) is 11.4 Å². The van der Waals surface area contributed by atoms with Crippen molar-refractivity contribution in [3.63, 3.8) is 0 Å². The Labute approximate surface area is 121 Å². The zero-order valence-electron chi connectivity index (χ0n) is 11.9. The van der Waals surface area contributed by atoms with E-state index >= 15 is 0 Å². The molecule has 19 heavy (non-hydrogen) atoms. The molecule has 0 saturated heterocycles. The molecular formula is C14H22ClNO2S. The third-order valence-electron chi connectivity index (χ3n) is 2.79. The minimum atomic E-state index is -3.47. The van der Waals surface area contributed by atoms with Crippen molar-refractivity contribution in [3.05, 3.63) is 29.8 Å². The van der Waals surface area contributed by atoms with Crippen LogP contribution in [0.5, 0.6) is 0 Å². The Kier molecular flexibility index (Phi) is 5.83. The van der Waals surface area contributed by atoms with Crippen molar-refractivity contribution in [1.82, 2.24) is 4.72 Å². The summed E-state index contributed by atoms with van der Waals surface area (Å²) in [5.41, 5.74) is 0.768. The van der Waals surface area contributed by atoms with E-state index in [1.807, 2.05) is 26.0 Å². The number of hydrogen-bond donors (Lipinski definition) is 1. The fraction of sp³-hybridized carbons (Fsp3) is 0.571. The molecule has 1 rings (SSSR count). The molecule has 0 saturated carbocycles. The van der Waals surface area contributed by atoms with Crippen molar-refractivity contribution in [3.8, 4) is 0 Å². The number of benzene rings is 1. The van der Waals surface area contributed by atoms with Crippen molar-refractivity contribution in [2.24, 2.45) is 5.92 Å². The van der Waals surface area contributed by atoms with Gasteiger partial charge in [0.2, 0.25) is 10.0 Å². The van der Waals surface area contributed by atoms with Crippen LogP contribution in [0.15, 0.2) is 29.2 Å². The molecule has 0 aliphatic rings. The van der Waals surface area contributed by atoms with Gasteiger partial charge in [0.05, 0.1) is 4.90 Å². The van der Waals surface area contributed by atoms with Gasteiger partial charge in [0.15, 0.2) is 0 Å². The molecule has 0 fully saturated rings. The maximum absolute atomic E-state index is 12.3. The maximum atomic E-state index is 12.3. The molecule has 0 aromatic heterocycles. The highest BCUT2D eigenvalue weighted by molar-refractivity contribution is 7.89. The molecule has 1 aromatic rings. The first kappa shape index (κ1) is 16.5. The van der Waals surface area contributed by atoms with Crippen LogP contribution in [0.3, 0.4) is 0 Å². The fourth-order valence-corrected chi connectivity index (χ4v) is 3.42. The second-order valence-corrected chi connectivity index (χ2v) is 7.59. The number of nitrogens with one attached hydrogen (secondary N) is 1. The van der Waals surface area contributed by atoms with Crippen LogP contribution in [0.4, 0.5) is 0 Å². The molecule has 1 unspecified atom stereocenters.